The lowest BCUT2D eigenvalue weighted by molar-refractivity contribution is -0.274. The molecule has 1 unspecified atom stereocenters. The second-order valence-electron chi connectivity index (χ2n) is 8.48. The highest BCUT2D eigenvalue weighted by molar-refractivity contribution is 6.05. The van der Waals surface area contributed by atoms with Gasteiger partial charge in [-0.2, -0.15) is 0 Å². The predicted molar refractivity (Wildman–Crippen MR) is 117 cm³/mol. The first-order chi connectivity index (χ1) is 15.0. The average Bonchev–Trinajstić information content (AvgIpc) is 3.17. The van der Waals surface area contributed by atoms with Crippen LogP contribution in [0.2, 0.25) is 0 Å². The molecule has 4 nitrogen and oxygen atoms in total. The molecule has 3 aromatic rings. The molecule has 0 bridgehead atoms. The fourth-order valence-corrected chi connectivity index (χ4v) is 4.28. The van der Waals surface area contributed by atoms with Gasteiger partial charge in [0.15, 0.2) is 0 Å². The van der Waals surface area contributed by atoms with Crippen LogP contribution in [0.25, 0.3) is 0 Å². The van der Waals surface area contributed by atoms with Crippen LogP contribution in [0, 0.1) is 13.8 Å². The smallest absolute Gasteiger partial charge is 0.406 e. The van der Waals surface area contributed by atoms with E-state index >= 15 is 0 Å². The van der Waals surface area contributed by atoms with Crippen LogP contribution in [-0.2, 0) is 11.3 Å². The van der Waals surface area contributed by atoms with E-state index in [4.69, 9.17) is 0 Å². The number of carbonyl (C=O) groups is 1. The van der Waals surface area contributed by atoms with Gasteiger partial charge in [0.25, 0.3) is 5.91 Å². The quantitative estimate of drug-likeness (QED) is 0.467. The topological polar surface area (TPSA) is 34.5 Å². The SMILES string of the molecule is Cc1ccc(C)n1C1C(=O)N(Cc2ccc(C(C)C)cc2)c2ccc(OC(F)(F)F)cc21. The minimum atomic E-state index is -4.80. The van der Waals surface area contributed by atoms with Crippen molar-refractivity contribution in [3.8, 4) is 5.75 Å². The molecule has 0 aliphatic carbocycles. The lowest BCUT2D eigenvalue weighted by Gasteiger charge is -2.20. The Morgan fingerprint density at radius 2 is 1.59 bits per heavy atom. The first-order valence-electron chi connectivity index (χ1n) is 10.5. The first kappa shape index (κ1) is 22.0. The standard InChI is InChI=1S/C25H25F3N2O2/c1-15(2)19-9-7-18(8-10-19)14-29-22-12-11-20(32-25(26,27)28)13-21(22)23(24(29)31)30-16(3)5-6-17(30)4/h5-13,15,23H,14H2,1-4H3. The maximum absolute atomic E-state index is 13.6. The second-order valence-corrected chi connectivity index (χ2v) is 8.48. The molecule has 1 aliphatic heterocycles. The molecule has 0 radical (unpaired) electrons. The summed E-state index contributed by atoms with van der Waals surface area (Å²) in [5, 5.41) is 0. The number of halogens is 3. The third kappa shape index (κ3) is 4.11. The minimum absolute atomic E-state index is 0.181. The number of alkyl halides is 3. The lowest BCUT2D eigenvalue weighted by Crippen LogP contribution is -2.31. The summed E-state index contributed by atoms with van der Waals surface area (Å²) in [6.07, 6.45) is -4.80. The van der Waals surface area contributed by atoms with E-state index in [0.717, 1.165) is 17.0 Å². The number of fused-ring (bicyclic) bond motifs is 1. The van der Waals surface area contributed by atoms with Crippen LogP contribution in [0.4, 0.5) is 18.9 Å². The third-order valence-electron chi connectivity index (χ3n) is 5.89. The number of amides is 1. The molecule has 0 fully saturated rings. The van der Waals surface area contributed by atoms with Crippen molar-refractivity contribution in [3.05, 3.63) is 82.7 Å². The Morgan fingerprint density at radius 3 is 2.16 bits per heavy atom. The fraction of sp³-hybridized carbons (Fsp3) is 0.320. The van der Waals surface area contributed by atoms with Crippen LogP contribution in [0.5, 0.6) is 5.75 Å². The molecule has 1 atom stereocenters. The summed E-state index contributed by atoms with van der Waals surface area (Å²) in [4.78, 5) is 15.2. The monoisotopic (exact) mass is 442 g/mol. The van der Waals surface area contributed by atoms with Gasteiger partial charge in [-0.05, 0) is 61.2 Å². The molecule has 1 aliphatic rings. The van der Waals surface area contributed by atoms with Gasteiger partial charge in [0.05, 0.1) is 12.2 Å². The molecule has 32 heavy (non-hydrogen) atoms. The van der Waals surface area contributed by atoms with Gasteiger partial charge in [-0.15, -0.1) is 13.2 Å². The van der Waals surface area contributed by atoms with Crippen molar-refractivity contribution in [2.75, 3.05) is 4.90 Å². The van der Waals surface area contributed by atoms with Crippen molar-refractivity contribution >= 4 is 11.6 Å². The number of hydrogen-bond donors (Lipinski definition) is 0. The number of nitrogens with zero attached hydrogens (tertiary/aromatic N) is 2. The maximum Gasteiger partial charge on any atom is 0.573 e. The summed E-state index contributed by atoms with van der Waals surface area (Å²) < 4.78 is 44.5. The van der Waals surface area contributed by atoms with Crippen molar-refractivity contribution in [1.29, 1.82) is 0 Å². The van der Waals surface area contributed by atoms with Crippen molar-refractivity contribution in [2.45, 2.75) is 52.6 Å². The Balaban J connectivity index is 1.76. The van der Waals surface area contributed by atoms with Crippen LogP contribution >= 0.6 is 0 Å². The molecule has 0 saturated heterocycles. The van der Waals surface area contributed by atoms with Crippen molar-refractivity contribution < 1.29 is 22.7 Å². The van der Waals surface area contributed by atoms with Gasteiger partial charge in [0.1, 0.15) is 11.8 Å². The first-order valence-corrected chi connectivity index (χ1v) is 10.5. The molecule has 7 heteroatoms. The van der Waals surface area contributed by atoms with E-state index in [2.05, 4.69) is 18.6 Å². The van der Waals surface area contributed by atoms with E-state index in [1.807, 2.05) is 54.8 Å². The van der Waals surface area contributed by atoms with Crippen molar-refractivity contribution in [1.82, 2.24) is 4.57 Å². The highest BCUT2D eigenvalue weighted by Crippen LogP contribution is 2.43. The van der Waals surface area contributed by atoms with Gasteiger partial charge in [-0.25, -0.2) is 0 Å². The van der Waals surface area contributed by atoms with Crippen LogP contribution in [0.3, 0.4) is 0 Å². The highest BCUT2D eigenvalue weighted by atomic mass is 19.4. The Morgan fingerprint density at radius 1 is 0.969 bits per heavy atom. The van der Waals surface area contributed by atoms with Crippen LogP contribution < -0.4 is 9.64 Å². The van der Waals surface area contributed by atoms with E-state index in [-0.39, 0.29) is 11.7 Å². The number of ether oxygens (including phenoxy) is 1. The number of hydrogen-bond acceptors (Lipinski definition) is 2. The molecular formula is C25H25F3N2O2. The zero-order valence-corrected chi connectivity index (χ0v) is 18.4. The van der Waals surface area contributed by atoms with Gasteiger partial charge < -0.3 is 14.2 Å². The summed E-state index contributed by atoms with van der Waals surface area (Å²) >= 11 is 0. The van der Waals surface area contributed by atoms with Gasteiger partial charge in [0, 0.05) is 17.0 Å². The van der Waals surface area contributed by atoms with E-state index < -0.39 is 12.4 Å². The molecule has 4 rings (SSSR count). The molecule has 1 aromatic heterocycles. The Bertz CT molecular complexity index is 1130. The van der Waals surface area contributed by atoms with Crippen LogP contribution in [0.15, 0.2) is 54.6 Å². The highest BCUT2D eigenvalue weighted by Gasteiger charge is 2.40. The summed E-state index contributed by atoms with van der Waals surface area (Å²) in [5.41, 5.74) is 4.96. The predicted octanol–water partition coefficient (Wildman–Crippen LogP) is 6.26. The van der Waals surface area contributed by atoms with Gasteiger partial charge >= 0.3 is 6.36 Å². The van der Waals surface area contributed by atoms with Gasteiger partial charge in [0.2, 0.25) is 0 Å². The molecule has 2 aromatic carbocycles. The second kappa shape index (κ2) is 8.04. The molecule has 0 N–H and O–H groups in total. The molecular weight excluding hydrogens is 417 g/mol. The zero-order valence-electron chi connectivity index (χ0n) is 18.4. The Hall–Kier alpha value is -3.22. The van der Waals surface area contributed by atoms with Crippen molar-refractivity contribution in [2.24, 2.45) is 0 Å². The third-order valence-corrected chi connectivity index (χ3v) is 5.89. The molecule has 2 heterocycles. The maximum atomic E-state index is 13.6. The van der Waals surface area contributed by atoms with E-state index in [9.17, 15) is 18.0 Å². The largest absolute Gasteiger partial charge is 0.573 e. The van der Waals surface area contributed by atoms with Gasteiger partial charge in [-0.3, -0.25) is 4.79 Å². The summed E-state index contributed by atoms with van der Waals surface area (Å²) in [6, 6.07) is 15.2. The number of carbonyl (C=O) groups excluding carboxylic acids is 1. The summed E-state index contributed by atoms with van der Waals surface area (Å²) in [7, 11) is 0. The Labute approximate surface area is 185 Å². The number of benzene rings is 2. The summed E-state index contributed by atoms with van der Waals surface area (Å²) in [6.45, 7) is 8.32. The van der Waals surface area contributed by atoms with Crippen LogP contribution in [0.1, 0.15) is 53.9 Å². The molecule has 0 saturated carbocycles. The lowest BCUT2D eigenvalue weighted by atomic mass is 10.0. The normalized spacial score (nSPS) is 16.1. The minimum Gasteiger partial charge on any atom is -0.406 e. The summed E-state index contributed by atoms with van der Waals surface area (Å²) in [5.74, 6) is -0.117. The molecule has 168 valence electrons. The number of aromatic nitrogens is 1. The van der Waals surface area contributed by atoms with E-state index in [1.165, 1.54) is 23.8 Å². The Kier molecular flexibility index (Phi) is 5.53. The molecule has 1 amide bonds. The molecule has 0 spiro atoms. The zero-order chi connectivity index (χ0) is 23.2. The fourth-order valence-electron chi connectivity index (χ4n) is 4.28. The number of aryl methyl sites for hydroxylation is 2. The van der Waals surface area contributed by atoms with Crippen LogP contribution in [-0.4, -0.2) is 16.8 Å². The van der Waals surface area contributed by atoms with E-state index in [0.29, 0.717) is 23.7 Å². The number of anilines is 1. The average molecular weight is 442 g/mol. The van der Waals surface area contributed by atoms with E-state index in [1.54, 1.807) is 4.90 Å². The van der Waals surface area contributed by atoms with Crippen molar-refractivity contribution in [3.63, 3.8) is 0 Å². The van der Waals surface area contributed by atoms with Gasteiger partial charge in [-0.1, -0.05) is 38.1 Å². The number of rotatable bonds is 5.